The van der Waals surface area contributed by atoms with Crippen LogP contribution in [-0.2, 0) is 4.79 Å². The monoisotopic (exact) mass is 128 g/mol. The smallest absolute Gasteiger partial charge is 0.145 e. The SMILES string of the molecule is C/C(C=O)=C\C(C)CO. The molecule has 0 radical (unpaired) electrons. The van der Waals surface area contributed by atoms with Gasteiger partial charge in [-0.3, -0.25) is 4.79 Å². The molecule has 0 rings (SSSR count). The minimum Gasteiger partial charge on any atom is -0.396 e. The fourth-order valence-corrected chi connectivity index (χ4v) is 0.541. The number of hydrogen-bond acceptors (Lipinski definition) is 2. The van der Waals surface area contributed by atoms with Gasteiger partial charge in [-0.05, 0) is 18.4 Å². The number of carbonyl (C=O) groups excluding carboxylic acids is 1. The van der Waals surface area contributed by atoms with Gasteiger partial charge in [-0.2, -0.15) is 0 Å². The second-order valence-corrected chi connectivity index (χ2v) is 2.19. The van der Waals surface area contributed by atoms with Gasteiger partial charge in [0.05, 0.1) is 0 Å². The molecule has 0 aromatic rings. The summed E-state index contributed by atoms with van der Waals surface area (Å²) in [6, 6.07) is 0. The Labute approximate surface area is 55.2 Å². The molecular weight excluding hydrogens is 116 g/mol. The molecule has 0 amide bonds. The highest BCUT2D eigenvalue weighted by atomic mass is 16.3. The van der Waals surface area contributed by atoms with Gasteiger partial charge in [0.2, 0.25) is 0 Å². The van der Waals surface area contributed by atoms with E-state index in [0.717, 1.165) is 6.29 Å². The van der Waals surface area contributed by atoms with Gasteiger partial charge in [0.25, 0.3) is 0 Å². The van der Waals surface area contributed by atoms with Gasteiger partial charge in [0, 0.05) is 6.61 Å². The van der Waals surface area contributed by atoms with Crippen LogP contribution in [0.3, 0.4) is 0 Å². The van der Waals surface area contributed by atoms with Gasteiger partial charge >= 0.3 is 0 Å². The first kappa shape index (κ1) is 8.37. The van der Waals surface area contributed by atoms with E-state index in [1.807, 2.05) is 6.92 Å². The molecule has 0 fully saturated rings. The summed E-state index contributed by atoms with van der Waals surface area (Å²) in [5.41, 5.74) is 0.677. The summed E-state index contributed by atoms with van der Waals surface area (Å²) in [6.07, 6.45) is 2.53. The van der Waals surface area contributed by atoms with E-state index in [-0.39, 0.29) is 12.5 Å². The Morgan fingerprint density at radius 3 is 2.67 bits per heavy atom. The zero-order chi connectivity index (χ0) is 7.28. The summed E-state index contributed by atoms with van der Waals surface area (Å²) in [7, 11) is 0. The molecule has 0 aliphatic carbocycles. The van der Waals surface area contributed by atoms with Crippen molar-refractivity contribution in [2.24, 2.45) is 5.92 Å². The van der Waals surface area contributed by atoms with Gasteiger partial charge in [-0.1, -0.05) is 13.0 Å². The Morgan fingerprint density at radius 2 is 2.33 bits per heavy atom. The molecule has 0 aromatic heterocycles. The molecule has 0 spiro atoms. The predicted molar refractivity (Wildman–Crippen MR) is 36.1 cm³/mol. The lowest BCUT2D eigenvalue weighted by molar-refractivity contribution is -0.104. The van der Waals surface area contributed by atoms with E-state index in [2.05, 4.69) is 0 Å². The Kier molecular flexibility index (Phi) is 3.97. The van der Waals surface area contributed by atoms with Crippen molar-refractivity contribution in [3.05, 3.63) is 11.6 Å². The van der Waals surface area contributed by atoms with E-state index >= 15 is 0 Å². The van der Waals surface area contributed by atoms with Gasteiger partial charge in [0.1, 0.15) is 6.29 Å². The van der Waals surface area contributed by atoms with E-state index in [0.29, 0.717) is 5.57 Å². The molecule has 1 atom stereocenters. The van der Waals surface area contributed by atoms with Crippen LogP contribution in [0.1, 0.15) is 13.8 Å². The first-order valence-corrected chi connectivity index (χ1v) is 2.95. The highest BCUT2D eigenvalue weighted by molar-refractivity contribution is 5.72. The van der Waals surface area contributed by atoms with Gasteiger partial charge in [0.15, 0.2) is 0 Å². The summed E-state index contributed by atoms with van der Waals surface area (Å²) in [6.45, 7) is 3.68. The number of aliphatic hydroxyl groups is 1. The maximum atomic E-state index is 10.0. The van der Waals surface area contributed by atoms with Crippen molar-refractivity contribution in [2.75, 3.05) is 6.61 Å². The fourth-order valence-electron chi connectivity index (χ4n) is 0.541. The van der Waals surface area contributed by atoms with E-state index in [9.17, 15) is 4.79 Å². The lowest BCUT2D eigenvalue weighted by Crippen LogP contribution is -1.96. The summed E-state index contributed by atoms with van der Waals surface area (Å²) in [5.74, 6) is 0.0928. The average Bonchev–Trinajstić information content (AvgIpc) is 1.87. The van der Waals surface area contributed by atoms with Crippen molar-refractivity contribution < 1.29 is 9.90 Å². The molecule has 0 saturated carbocycles. The van der Waals surface area contributed by atoms with E-state index < -0.39 is 0 Å². The maximum absolute atomic E-state index is 10.0. The number of hydrogen-bond donors (Lipinski definition) is 1. The number of aldehydes is 1. The molecule has 0 aliphatic heterocycles. The topological polar surface area (TPSA) is 37.3 Å². The largest absolute Gasteiger partial charge is 0.396 e. The molecule has 2 nitrogen and oxygen atoms in total. The van der Waals surface area contributed by atoms with Crippen molar-refractivity contribution >= 4 is 6.29 Å². The lowest BCUT2D eigenvalue weighted by Gasteiger charge is -1.98. The van der Waals surface area contributed by atoms with Gasteiger partial charge in [-0.15, -0.1) is 0 Å². The van der Waals surface area contributed by atoms with Crippen molar-refractivity contribution in [1.29, 1.82) is 0 Å². The minimum atomic E-state index is 0.0928. The predicted octanol–water partition coefficient (Wildman–Crippen LogP) is 0.760. The number of rotatable bonds is 3. The zero-order valence-electron chi connectivity index (χ0n) is 5.79. The molecule has 2 heteroatoms. The Bertz CT molecular complexity index is 116. The Morgan fingerprint density at radius 1 is 1.78 bits per heavy atom. The summed E-state index contributed by atoms with van der Waals surface area (Å²) < 4.78 is 0. The van der Waals surface area contributed by atoms with Gasteiger partial charge in [-0.25, -0.2) is 0 Å². The van der Waals surface area contributed by atoms with Crippen LogP contribution < -0.4 is 0 Å². The van der Waals surface area contributed by atoms with Crippen LogP contribution in [0.5, 0.6) is 0 Å². The molecule has 1 unspecified atom stereocenters. The van der Waals surface area contributed by atoms with E-state index in [1.54, 1.807) is 13.0 Å². The van der Waals surface area contributed by atoms with Crippen LogP contribution in [0.25, 0.3) is 0 Å². The summed E-state index contributed by atoms with van der Waals surface area (Å²) in [5, 5.41) is 8.52. The zero-order valence-corrected chi connectivity index (χ0v) is 5.79. The fraction of sp³-hybridized carbons (Fsp3) is 0.571. The third-order valence-electron chi connectivity index (χ3n) is 1.02. The Balaban J connectivity index is 3.78. The molecular formula is C7H12O2. The molecule has 1 N–H and O–H groups in total. The van der Waals surface area contributed by atoms with Crippen LogP contribution in [0, 0.1) is 5.92 Å². The maximum Gasteiger partial charge on any atom is 0.145 e. The van der Waals surface area contributed by atoms with Crippen molar-refractivity contribution in [3.63, 3.8) is 0 Å². The van der Waals surface area contributed by atoms with Gasteiger partial charge < -0.3 is 5.11 Å². The highest BCUT2D eigenvalue weighted by Crippen LogP contribution is 1.98. The summed E-state index contributed by atoms with van der Waals surface area (Å²) >= 11 is 0. The van der Waals surface area contributed by atoms with Crippen LogP contribution >= 0.6 is 0 Å². The first-order valence-electron chi connectivity index (χ1n) is 2.95. The lowest BCUT2D eigenvalue weighted by atomic mass is 10.1. The number of carbonyl (C=O) groups is 1. The second-order valence-electron chi connectivity index (χ2n) is 2.19. The van der Waals surface area contributed by atoms with Crippen LogP contribution in [-0.4, -0.2) is 18.0 Å². The molecule has 0 aliphatic rings. The van der Waals surface area contributed by atoms with Crippen LogP contribution in [0.4, 0.5) is 0 Å². The van der Waals surface area contributed by atoms with Crippen molar-refractivity contribution in [1.82, 2.24) is 0 Å². The minimum absolute atomic E-state index is 0.0928. The third kappa shape index (κ3) is 3.91. The second kappa shape index (κ2) is 4.27. The third-order valence-corrected chi connectivity index (χ3v) is 1.02. The first-order chi connectivity index (χ1) is 4.20. The number of allylic oxidation sites excluding steroid dienone is 1. The molecule has 0 aromatic carbocycles. The van der Waals surface area contributed by atoms with Crippen LogP contribution in [0.2, 0.25) is 0 Å². The quantitative estimate of drug-likeness (QED) is 0.450. The standard InChI is InChI=1S/C7H12O2/c1-6(4-8)3-7(2)5-9/h3-4,7,9H,5H2,1-2H3/b6-3+. The van der Waals surface area contributed by atoms with E-state index in [4.69, 9.17) is 5.11 Å². The molecule has 0 bridgehead atoms. The van der Waals surface area contributed by atoms with E-state index in [1.165, 1.54) is 0 Å². The molecule has 9 heavy (non-hydrogen) atoms. The summed E-state index contributed by atoms with van der Waals surface area (Å²) in [4.78, 5) is 10.0. The molecule has 0 heterocycles. The molecule has 0 saturated heterocycles. The highest BCUT2D eigenvalue weighted by Gasteiger charge is 1.93. The normalized spacial score (nSPS) is 15.2. The van der Waals surface area contributed by atoms with Crippen molar-refractivity contribution in [2.45, 2.75) is 13.8 Å². The average molecular weight is 128 g/mol. The Hall–Kier alpha value is -0.630. The van der Waals surface area contributed by atoms with Crippen LogP contribution in [0.15, 0.2) is 11.6 Å². The number of aliphatic hydroxyl groups excluding tert-OH is 1. The molecule has 52 valence electrons. The van der Waals surface area contributed by atoms with Crippen molar-refractivity contribution in [3.8, 4) is 0 Å².